The molecule has 5 rings (SSSR count). The predicted octanol–water partition coefficient (Wildman–Crippen LogP) is 3.46. The third-order valence-electron chi connectivity index (χ3n) is 5.34. The zero-order valence-corrected chi connectivity index (χ0v) is 17.9. The summed E-state index contributed by atoms with van der Waals surface area (Å²) in [5.41, 5.74) is 5.00. The molecule has 1 aromatic carbocycles. The number of nitriles is 1. The molecule has 3 aromatic heterocycles. The van der Waals surface area contributed by atoms with Crippen LogP contribution in [-0.4, -0.2) is 50.0 Å². The van der Waals surface area contributed by atoms with E-state index < -0.39 is 6.10 Å². The van der Waals surface area contributed by atoms with Crippen molar-refractivity contribution < 1.29 is 9.84 Å². The Hall–Kier alpha value is -3.51. The van der Waals surface area contributed by atoms with E-state index in [4.69, 9.17) is 26.4 Å². The topological polar surface area (TPSA) is 108 Å². The van der Waals surface area contributed by atoms with Crippen LogP contribution in [0.15, 0.2) is 48.7 Å². The molecule has 0 aliphatic carbocycles. The number of rotatable bonds is 4. The zero-order valence-electron chi connectivity index (χ0n) is 17.2. The van der Waals surface area contributed by atoms with Crippen molar-refractivity contribution in [3.05, 3.63) is 65.1 Å². The van der Waals surface area contributed by atoms with Crippen LogP contribution in [0.2, 0.25) is 5.15 Å². The van der Waals surface area contributed by atoms with Crippen LogP contribution in [0.5, 0.6) is 0 Å². The van der Waals surface area contributed by atoms with E-state index in [2.05, 4.69) is 16.4 Å². The van der Waals surface area contributed by atoms with Crippen LogP contribution in [-0.2, 0) is 4.74 Å². The molecule has 8 nitrogen and oxygen atoms in total. The Kier molecular flexibility index (Phi) is 5.23. The van der Waals surface area contributed by atoms with E-state index in [1.54, 1.807) is 28.8 Å². The number of aliphatic hydroxyl groups excluding tert-OH is 1. The number of hydrogen-bond donors (Lipinski definition) is 2. The van der Waals surface area contributed by atoms with E-state index >= 15 is 0 Å². The van der Waals surface area contributed by atoms with Crippen molar-refractivity contribution in [2.24, 2.45) is 0 Å². The van der Waals surface area contributed by atoms with Gasteiger partial charge in [-0.25, -0.2) is 14.5 Å². The summed E-state index contributed by atoms with van der Waals surface area (Å²) in [5, 5.41) is 27.8. The van der Waals surface area contributed by atoms with Crippen molar-refractivity contribution in [1.82, 2.24) is 19.6 Å². The number of aromatic nitrogens is 4. The van der Waals surface area contributed by atoms with Crippen molar-refractivity contribution in [1.29, 1.82) is 5.26 Å². The van der Waals surface area contributed by atoms with Gasteiger partial charge in [-0.2, -0.15) is 10.4 Å². The second-order valence-electron chi connectivity index (χ2n) is 7.67. The van der Waals surface area contributed by atoms with E-state index in [1.807, 2.05) is 31.3 Å². The number of pyridine rings is 1. The zero-order chi connectivity index (χ0) is 22.2. The van der Waals surface area contributed by atoms with Crippen molar-refractivity contribution >= 4 is 23.1 Å². The smallest absolute Gasteiger partial charge is 0.165 e. The van der Waals surface area contributed by atoms with Crippen LogP contribution in [0, 0.1) is 18.3 Å². The molecule has 2 unspecified atom stereocenters. The second-order valence-corrected chi connectivity index (χ2v) is 8.06. The number of ether oxygens (including phenoxy) is 1. The second kappa shape index (κ2) is 8.20. The molecule has 0 radical (unpaired) electrons. The molecule has 1 aliphatic rings. The van der Waals surface area contributed by atoms with Gasteiger partial charge in [0, 0.05) is 17.5 Å². The minimum absolute atomic E-state index is 0.235. The van der Waals surface area contributed by atoms with Crippen molar-refractivity contribution in [3.63, 3.8) is 0 Å². The standard InChI is InChI=1S/C23H19ClN6O2/c1-13-7-16(9-19(24)26-13)21-22(15-4-2-3-14(8-15)10-25)29-30-6-5-20(28-23(21)30)27-17-11-32-12-18(17)31/h2-9,17-18,31H,11-12H2,1H3,(H,27,28). The fraction of sp³-hybridized carbons (Fsp3) is 0.217. The van der Waals surface area contributed by atoms with E-state index in [1.165, 1.54) is 0 Å². The van der Waals surface area contributed by atoms with Gasteiger partial charge in [-0.15, -0.1) is 0 Å². The molecule has 0 amide bonds. The number of aliphatic hydroxyl groups is 1. The van der Waals surface area contributed by atoms with Crippen molar-refractivity contribution in [3.8, 4) is 28.5 Å². The molecule has 2 N–H and O–H groups in total. The normalized spacial score (nSPS) is 18.1. The van der Waals surface area contributed by atoms with Gasteiger partial charge in [0.05, 0.1) is 42.6 Å². The van der Waals surface area contributed by atoms with Gasteiger partial charge in [-0.1, -0.05) is 23.7 Å². The molecule has 2 atom stereocenters. The van der Waals surface area contributed by atoms with E-state index in [-0.39, 0.29) is 6.04 Å². The Morgan fingerprint density at radius 3 is 2.81 bits per heavy atom. The van der Waals surface area contributed by atoms with Gasteiger partial charge < -0.3 is 15.2 Å². The maximum atomic E-state index is 10.1. The predicted molar refractivity (Wildman–Crippen MR) is 120 cm³/mol. The minimum Gasteiger partial charge on any atom is -0.388 e. The average Bonchev–Trinajstić information content (AvgIpc) is 3.36. The molecule has 0 saturated carbocycles. The fourth-order valence-corrected chi connectivity index (χ4v) is 4.11. The Bertz CT molecular complexity index is 1340. The summed E-state index contributed by atoms with van der Waals surface area (Å²) in [6, 6.07) is 14.7. The number of nitrogens with zero attached hydrogens (tertiary/aromatic N) is 5. The third-order valence-corrected chi connectivity index (χ3v) is 5.54. The van der Waals surface area contributed by atoms with Gasteiger partial charge in [0.2, 0.25) is 0 Å². The number of aryl methyl sites for hydroxylation is 1. The highest BCUT2D eigenvalue weighted by molar-refractivity contribution is 6.29. The molecular weight excluding hydrogens is 428 g/mol. The molecule has 160 valence electrons. The van der Waals surface area contributed by atoms with Crippen LogP contribution >= 0.6 is 11.6 Å². The molecule has 0 spiro atoms. The Morgan fingerprint density at radius 1 is 1.19 bits per heavy atom. The first kappa shape index (κ1) is 20.4. The van der Waals surface area contributed by atoms with Crippen LogP contribution < -0.4 is 5.32 Å². The monoisotopic (exact) mass is 446 g/mol. The molecular formula is C23H19ClN6O2. The minimum atomic E-state index is -0.594. The van der Waals surface area contributed by atoms with Gasteiger partial charge in [0.15, 0.2) is 5.65 Å². The molecule has 1 fully saturated rings. The summed E-state index contributed by atoms with van der Waals surface area (Å²) in [6.45, 7) is 2.58. The number of benzene rings is 1. The maximum Gasteiger partial charge on any atom is 0.165 e. The first-order valence-electron chi connectivity index (χ1n) is 10.1. The number of anilines is 1. The molecule has 32 heavy (non-hydrogen) atoms. The highest BCUT2D eigenvalue weighted by atomic mass is 35.5. The maximum absolute atomic E-state index is 10.1. The van der Waals surface area contributed by atoms with E-state index in [0.29, 0.717) is 41.1 Å². The highest BCUT2D eigenvalue weighted by Crippen LogP contribution is 2.36. The van der Waals surface area contributed by atoms with Gasteiger partial charge in [-0.3, -0.25) is 0 Å². The Labute approximate surface area is 189 Å². The Balaban J connectivity index is 1.71. The van der Waals surface area contributed by atoms with Crippen LogP contribution in [0.4, 0.5) is 5.82 Å². The lowest BCUT2D eigenvalue weighted by molar-refractivity contribution is 0.125. The van der Waals surface area contributed by atoms with Gasteiger partial charge in [-0.05, 0) is 42.8 Å². The van der Waals surface area contributed by atoms with Crippen LogP contribution in [0.3, 0.4) is 0 Å². The largest absolute Gasteiger partial charge is 0.388 e. The van der Waals surface area contributed by atoms with E-state index in [9.17, 15) is 10.4 Å². The molecule has 1 saturated heterocycles. The summed E-state index contributed by atoms with van der Waals surface area (Å²) in [4.78, 5) is 9.06. The van der Waals surface area contributed by atoms with Gasteiger partial charge >= 0.3 is 0 Å². The van der Waals surface area contributed by atoms with Crippen molar-refractivity contribution in [2.45, 2.75) is 19.1 Å². The average molecular weight is 447 g/mol. The SMILES string of the molecule is Cc1cc(-c2c(-c3cccc(C#N)c3)nn3ccc(NC4COCC4O)nc23)cc(Cl)n1. The molecule has 9 heteroatoms. The molecule has 1 aliphatic heterocycles. The number of fused-ring (bicyclic) bond motifs is 1. The lowest BCUT2D eigenvalue weighted by atomic mass is 10.00. The number of hydrogen-bond acceptors (Lipinski definition) is 7. The number of nitrogens with one attached hydrogen (secondary N) is 1. The summed E-state index contributed by atoms with van der Waals surface area (Å²) >= 11 is 6.27. The number of halogens is 1. The molecule has 4 aromatic rings. The van der Waals surface area contributed by atoms with Gasteiger partial charge in [0.25, 0.3) is 0 Å². The quantitative estimate of drug-likeness (QED) is 0.462. The first-order valence-corrected chi connectivity index (χ1v) is 10.5. The van der Waals surface area contributed by atoms with Crippen molar-refractivity contribution in [2.75, 3.05) is 18.5 Å². The first-order chi connectivity index (χ1) is 15.5. The molecule has 0 bridgehead atoms. The molecule has 4 heterocycles. The Morgan fingerprint density at radius 2 is 2.06 bits per heavy atom. The summed E-state index contributed by atoms with van der Waals surface area (Å²) in [5.74, 6) is 0.599. The fourth-order valence-electron chi connectivity index (χ4n) is 3.86. The summed E-state index contributed by atoms with van der Waals surface area (Å²) < 4.78 is 7.02. The lowest BCUT2D eigenvalue weighted by Crippen LogP contribution is -2.32. The van der Waals surface area contributed by atoms with Crippen LogP contribution in [0.1, 0.15) is 11.3 Å². The highest BCUT2D eigenvalue weighted by Gasteiger charge is 2.27. The van der Waals surface area contributed by atoms with Gasteiger partial charge in [0.1, 0.15) is 16.7 Å². The van der Waals surface area contributed by atoms with Crippen LogP contribution in [0.25, 0.3) is 28.0 Å². The summed E-state index contributed by atoms with van der Waals surface area (Å²) in [6.07, 6.45) is 1.22. The third kappa shape index (κ3) is 3.78. The van der Waals surface area contributed by atoms with E-state index in [0.717, 1.165) is 22.4 Å². The lowest BCUT2D eigenvalue weighted by Gasteiger charge is -2.15. The summed E-state index contributed by atoms with van der Waals surface area (Å²) in [7, 11) is 0.